The van der Waals surface area contributed by atoms with Crippen LogP contribution in [0.4, 0.5) is 0 Å². The van der Waals surface area contributed by atoms with Gasteiger partial charge in [0.15, 0.2) is 0 Å². The molecule has 0 saturated carbocycles. The predicted molar refractivity (Wildman–Crippen MR) is 75.9 cm³/mol. The second kappa shape index (κ2) is 7.54. The summed E-state index contributed by atoms with van der Waals surface area (Å²) in [4.78, 5) is 13.4. The average Bonchev–Trinajstić information content (AvgIpc) is 2.36. The van der Waals surface area contributed by atoms with Gasteiger partial charge >= 0.3 is 5.97 Å². The second-order valence-corrected chi connectivity index (χ2v) is 5.21. The van der Waals surface area contributed by atoms with Crippen LogP contribution in [0.5, 0.6) is 0 Å². The molecular weight excluding hydrogens is 294 g/mol. The molecule has 0 aliphatic heterocycles. The number of hydrogen-bond acceptors (Lipinski definition) is 2. The molecule has 1 aromatic rings. The Bertz CT molecular complexity index is 391. The van der Waals surface area contributed by atoms with Gasteiger partial charge in [0.2, 0.25) is 0 Å². The fraction of sp³-hybridized carbons (Fsp3) is 0.500. The van der Waals surface area contributed by atoms with Gasteiger partial charge in [0.1, 0.15) is 12.6 Å². The number of rotatable bonds is 6. The molecule has 0 heterocycles. The molecule has 0 aromatic heterocycles. The van der Waals surface area contributed by atoms with Crippen LogP contribution in [0.2, 0.25) is 0 Å². The van der Waals surface area contributed by atoms with Gasteiger partial charge in [-0.05, 0) is 48.8 Å². The summed E-state index contributed by atoms with van der Waals surface area (Å²) in [5.41, 5.74) is 0.582. The van der Waals surface area contributed by atoms with E-state index >= 15 is 0 Å². The highest BCUT2D eigenvalue weighted by atomic mass is 79.9. The molecule has 4 heteroatoms. The van der Waals surface area contributed by atoms with Crippen molar-refractivity contribution in [1.29, 1.82) is 0 Å². The van der Waals surface area contributed by atoms with E-state index < -0.39 is 0 Å². The number of halogens is 1. The SMILES string of the molecule is CC[NH+](CC)C[C@H](C)OC(=O)c1ccccc1Br. The zero-order valence-corrected chi connectivity index (χ0v) is 12.8. The standard InChI is InChI=1S/C14H20BrNO2/c1-4-16(5-2)10-11(3)18-14(17)12-8-6-7-9-13(12)15/h6-9,11H,4-5,10H2,1-3H3/p+1/t11-/m0/s1. The first-order valence-electron chi connectivity index (χ1n) is 6.37. The van der Waals surface area contributed by atoms with E-state index in [0.29, 0.717) is 5.56 Å². The molecule has 0 aliphatic rings. The Morgan fingerprint density at radius 1 is 1.33 bits per heavy atom. The molecule has 1 aromatic carbocycles. The van der Waals surface area contributed by atoms with E-state index in [4.69, 9.17) is 4.74 Å². The fourth-order valence-corrected chi connectivity index (χ4v) is 2.31. The highest BCUT2D eigenvalue weighted by molar-refractivity contribution is 9.10. The molecule has 1 N–H and O–H groups in total. The lowest BCUT2D eigenvalue weighted by molar-refractivity contribution is -0.899. The predicted octanol–water partition coefficient (Wildman–Crippen LogP) is 1.92. The molecule has 3 nitrogen and oxygen atoms in total. The molecule has 0 spiro atoms. The number of carbonyl (C=O) groups excluding carboxylic acids is 1. The third kappa shape index (κ3) is 4.42. The number of ether oxygens (including phenoxy) is 1. The van der Waals surface area contributed by atoms with Crippen molar-refractivity contribution in [2.45, 2.75) is 26.9 Å². The number of quaternary nitrogens is 1. The third-order valence-electron chi connectivity index (χ3n) is 2.98. The molecule has 1 atom stereocenters. The van der Waals surface area contributed by atoms with Crippen molar-refractivity contribution in [1.82, 2.24) is 0 Å². The van der Waals surface area contributed by atoms with Crippen molar-refractivity contribution in [2.24, 2.45) is 0 Å². The number of nitrogens with one attached hydrogen (secondary N) is 1. The van der Waals surface area contributed by atoms with Gasteiger partial charge in [0, 0.05) is 4.47 Å². The Morgan fingerprint density at radius 3 is 2.50 bits per heavy atom. The molecule has 0 fully saturated rings. The quantitative estimate of drug-likeness (QED) is 0.813. The lowest BCUT2D eigenvalue weighted by Gasteiger charge is -2.20. The lowest BCUT2D eigenvalue weighted by Crippen LogP contribution is -3.12. The number of likely N-dealkylation sites (N-methyl/N-ethyl adjacent to an activating group) is 1. The minimum absolute atomic E-state index is 0.0699. The summed E-state index contributed by atoms with van der Waals surface area (Å²) in [6, 6.07) is 7.33. The van der Waals surface area contributed by atoms with E-state index in [0.717, 1.165) is 24.1 Å². The summed E-state index contributed by atoms with van der Waals surface area (Å²) in [7, 11) is 0. The van der Waals surface area contributed by atoms with Crippen LogP contribution in [-0.4, -0.2) is 31.7 Å². The van der Waals surface area contributed by atoms with Crippen LogP contribution in [0.15, 0.2) is 28.7 Å². The number of carbonyl (C=O) groups is 1. The second-order valence-electron chi connectivity index (χ2n) is 4.36. The van der Waals surface area contributed by atoms with Crippen molar-refractivity contribution in [3.8, 4) is 0 Å². The average molecular weight is 315 g/mol. The van der Waals surface area contributed by atoms with Gasteiger partial charge in [-0.15, -0.1) is 0 Å². The highest BCUT2D eigenvalue weighted by Gasteiger charge is 2.17. The Labute approximate surface area is 117 Å². The van der Waals surface area contributed by atoms with Crippen LogP contribution in [-0.2, 0) is 4.74 Å². The third-order valence-corrected chi connectivity index (χ3v) is 3.67. The molecule has 0 saturated heterocycles. The summed E-state index contributed by atoms with van der Waals surface area (Å²) in [6.07, 6.45) is -0.0699. The maximum absolute atomic E-state index is 12.0. The van der Waals surface area contributed by atoms with E-state index in [9.17, 15) is 4.79 Å². The molecule has 1 rings (SSSR count). The van der Waals surface area contributed by atoms with Crippen molar-refractivity contribution < 1.29 is 14.4 Å². The van der Waals surface area contributed by atoms with Crippen LogP contribution >= 0.6 is 15.9 Å². The van der Waals surface area contributed by atoms with Crippen molar-refractivity contribution in [2.75, 3.05) is 19.6 Å². The van der Waals surface area contributed by atoms with Crippen molar-refractivity contribution >= 4 is 21.9 Å². The van der Waals surface area contributed by atoms with Crippen molar-refractivity contribution in [3.05, 3.63) is 34.3 Å². The normalized spacial score (nSPS) is 12.5. The number of esters is 1. The Balaban J connectivity index is 2.57. The Hall–Kier alpha value is -0.870. The summed E-state index contributed by atoms with van der Waals surface area (Å²) in [6.45, 7) is 9.17. The lowest BCUT2D eigenvalue weighted by atomic mass is 10.2. The van der Waals surface area contributed by atoms with Gasteiger partial charge < -0.3 is 9.64 Å². The first-order valence-corrected chi connectivity index (χ1v) is 7.16. The van der Waals surface area contributed by atoms with E-state index in [2.05, 4.69) is 29.8 Å². The van der Waals surface area contributed by atoms with Crippen LogP contribution < -0.4 is 4.90 Å². The Kier molecular flexibility index (Phi) is 6.36. The zero-order chi connectivity index (χ0) is 13.5. The Morgan fingerprint density at radius 2 is 1.94 bits per heavy atom. The molecule has 0 bridgehead atoms. The molecular formula is C14H21BrNO2+. The molecule has 0 aliphatic carbocycles. The number of hydrogen-bond donors (Lipinski definition) is 1. The molecule has 0 unspecified atom stereocenters. The maximum atomic E-state index is 12.0. The first-order chi connectivity index (χ1) is 8.58. The summed E-state index contributed by atoms with van der Waals surface area (Å²) >= 11 is 3.36. The van der Waals surface area contributed by atoms with E-state index in [-0.39, 0.29) is 12.1 Å². The van der Waals surface area contributed by atoms with E-state index in [1.807, 2.05) is 25.1 Å². The van der Waals surface area contributed by atoms with Gasteiger partial charge in [0.25, 0.3) is 0 Å². The van der Waals surface area contributed by atoms with Gasteiger partial charge in [-0.3, -0.25) is 0 Å². The minimum Gasteiger partial charge on any atom is -0.453 e. The van der Waals surface area contributed by atoms with Gasteiger partial charge in [-0.2, -0.15) is 0 Å². The minimum atomic E-state index is -0.262. The van der Waals surface area contributed by atoms with Crippen LogP contribution in [0.3, 0.4) is 0 Å². The summed E-state index contributed by atoms with van der Waals surface area (Å²) < 4.78 is 6.24. The van der Waals surface area contributed by atoms with Crippen LogP contribution in [0.25, 0.3) is 0 Å². The fourth-order valence-electron chi connectivity index (χ4n) is 1.86. The van der Waals surface area contributed by atoms with Crippen molar-refractivity contribution in [3.63, 3.8) is 0 Å². The summed E-state index contributed by atoms with van der Waals surface area (Å²) in [5, 5.41) is 0. The monoisotopic (exact) mass is 314 g/mol. The maximum Gasteiger partial charge on any atom is 0.339 e. The topological polar surface area (TPSA) is 30.7 Å². The van der Waals surface area contributed by atoms with Gasteiger partial charge in [-0.25, -0.2) is 4.79 Å². The zero-order valence-electron chi connectivity index (χ0n) is 11.2. The van der Waals surface area contributed by atoms with Gasteiger partial charge in [-0.1, -0.05) is 12.1 Å². The van der Waals surface area contributed by atoms with Crippen LogP contribution in [0, 0.1) is 0 Å². The molecule has 0 radical (unpaired) electrons. The van der Waals surface area contributed by atoms with Gasteiger partial charge in [0.05, 0.1) is 18.7 Å². The molecule has 100 valence electrons. The number of benzene rings is 1. The molecule has 0 amide bonds. The first kappa shape index (κ1) is 15.2. The highest BCUT2D eigenvalue weighted by Crippen LogP contribution is 2.17. The van der Waals surface area contributed by atoms with Crippen LogP contribution in [0.1, 0.15) is 31.1 Å². The smallest absolute Gasteiger partial charge is 0.339 e. The molecule has 18 heavy (non-hydrogen) atoms. The van der Waals surface area contributed by atoms with E-state index in [1.54, 1.807) is 6.07 Å². The largest absolute Gasteiger partial charge is 0.453 e. The summed E-state index contributed by atoms with van der Waals surface area (Å²) in [5.74, 6) is -0.262. The van der Waals surface area contributed by atoms with E-state index in [1.165, 1.54) is 4.90 Å².